The Morgan fingerprint density at radius 2 is 1.54 bits per heavy atom. The van der Waals surface area contributed by atoms with E-state index < -0.39 is 20.0 Å². The van der Waals surface area contributed by atoms with Gasteiger partial charge in [-0.15, -0.1) is 0 Å². The number of nitrogens with one attached hydrogen (secondary N) is 2. The minimum atomic E-state index is -3.67. The summed E-state index contributed by atoms with van der Waals surface area (Å²) < 4.78 is 55.1. The van der Waals surface area contributed by atoms with Crippen LogP contribution in [0.5, 0.6) is 0 Å². The molecular formula is C27H31N3O5S2. The molecule has 2 N–H and O–H groups in total. The Labute approximate surface area is 218 Å². The standard InChI is InChI=1S/C27H31N3O5S2/c1-21-8-13-24(14-9-21)36(32,33)29-19-18-28-27(31)17-12-22-10-15-25(16-11-22)37(34,35)30-20-4-6-23-5-2-3-7-26(23)30/h2-3,5,7-11,13-16,29H,4,6,12,17-20H2,1H3,(H,28,31). The van der Waals surface area contributed by atoms with E-state index in [0.29, 0.717) is 13.0 Å². The van der Waals surface area contributed by atoms with Crippen LogP contribution in [0.2, 0.25) is 0 Å². The van der Waals surface area contributed by atoms with Gasteiger partial charge in [0.05, 0.1) is 15.5 Å². The Morgan fingerprint density at radius 1 is 0.865 bits per heavy atom. The molecule has 0 spiro atoms. The second-order valence-corrected chi connectivity index (χ2v) is 12.6. The van der Waals surface area contributed by atoms with E-state index in [1.807, 2.05) is 31.2 Å². The van der Waals surface area contributed by atoms with Crippen LogP contribution in [-0.2, 0) is 37.7 Å². The first-order valence-corrected chi connectivity index (χ1v) is 15.1. The molecular weight excluding hydrogens is 510 g/mol. The summed E-state index contributed by atoms with van der Waals surface area (Å²) in [5.41, 5.74) is 3.57. The predicted molar refractivity (Wildman–Crippen MR) is 143 cm³/mol. The van der Waals surface area contributed by atoms with Crippen molar-refractivity contribution < 1.29 is 21.6 Å². The zero-order chi connectivity index (χ0) is 26.5. The number of fused-ring (bicyclic) bond motifs is 1. The van der Waals surface area contributed by atoms with Crippen molar-refractivity contribution in [2.24, 2.45) is 0 Å². The zero-order valence-electron chi connectivity index (χ0n) is 20.7. The number of amides is 1. The third-order valence-electron chi connectivity index (χ3n) is 6.29. The summed E-state index contributed by atoms with van der Waals surface area (Å²) in [5.74, 6) is -0.212. The molecule has 3 aromatic carbocycles. The Bertz CT molecular complexity index is 1450. The third kappa shape index (κ3) is 6.57. The molecule has 0 unspecified atom stereocenters. The minimum absolute atomic E-state index is 0.0775. The maximum atomic E-state index is 13.3. The smallest absolute Gasteiger partial charge is 0.264 e. The lowest BCUT2D eigenvalue weighted by atomic mass is 10.0. The fourth-order valence-electron chi connectivity index (χ4n) is 4.24. The Kier molecular flexibility index (Phi) is 8.31. The molecule has 3 aromatic rings. The van der Waals surface area contributed by atoms with Crippen molar-refractivity contribution in [3.8, 4) is 0 Å². The van der Waals surface area contributed by atoms with Gasteiger partial charge in [-0.25, -0.2) is 21.6 Å². The van der Waals surface area contributed by atoms with E-state index in [1.165, 1.54) is 16.4 Å². The van der Waals surface area contributed by atoms with Gasteiger partial charge < -0.3 is 5.32 Å². The maximum Gasteiger partial charge on any atom is 0.264 e. The normalized spacial score (nSPS) is 13.7. The Balaban J connectivity index is 1.25. The molecule has 0 radical (unpaired) electrons. The number of hydrogen-bond acceptors (Lipinski definition) is 5. The highest BCUT2D eigenvalue weighted by Gasteiger charge is 2.28. The quantitative estimate of drug-likeness (QED) is 0.383. The lowest BCUT2D eigenvalue weighted by Gasteiger charge is -2.30. The molecule has 4 rings (SSSR count). The van der Waals surface area contributed by atoms with Gasteiger partial charge in [-0.2, -0.15) is 0 Å². The summed E-state index contributed by atoms with van der Waals surface area (Å²) in [6.07, 6.45) is 2.28. The number of benzene rings is 3. The van der Waals surface area contributed by atoms with Gasteiger partial charge in [0.1, 0.15) is 0 Å². The fraction of sp³-hybridized carbons (Fsp3) is 0.296. The molecule has 1 aliphatic heterocycles. The van der Waals surface area contributed by atoms with Gasteiger partial charge in [-0.1, -0.05) is 48.0 Å². The number of carbonyl (C=O) groups is 1. The summed E-state index contributed by atoms with van der Waals surface area (Å²) in [7, 11) is -7.30. The first-order valence-electron chi connectivity index (χ1n) is 12.2. The van der Waals surface area contributed by atoms with Crippen LogP contribution in [0, 0.1) is 6.92 Å². The van der Waals surface area contributed by atoms with Crippen LogP contribution in [0.3, 0.4) is 0 Å². The SMILES string of the molecule is Cc1ccc(S(=O)(=O)NCCNC(=O)CCc2ccc(S(=O)(=O)N3CCCc4ccccc43)cc2)cc1. The van der Waals surface area contributed by atoms with Crippen LogP contribution in [0.25, 0.3) is 0 Å². The number of aryl methyl sites for hydroxylation is 3. The van der Waals surface area contributed by atoms with E-state index in [1.54, 1.807) is 36.4 Å². The van der Waals surface area contributed by atoms with Crippen molar-refractivity contribution in [1.29, 1.82) is 0 Å². The molecule has 1 heterocycles. The van der Waals surface area contributed by atoms with E-state index in [2.05, 4.69) is 10.0 Å². The van der Waals surface area contributed by atoms with Gasteiger partial charge in [0.25, 0.3) is 10.0 Å². The second kappa shape index (κ2) is 11.5. The highest BCUT2D eigenvalue weighted by molar-refractivity contribution is 7.92. The third-order valence-corrected chi connectivity index (χ3v) is 9.59. The average molecular weight is 542 g/mol. The fourth-order valence-corrected chi connectivity index (χ4v) is 6.81. The van der Waals surface area contributed by atoms with Crippen molar-refractivity contribution in [2.45, 2.75) is 42.4 Å². The van der Waals surface area contributed by atoms with Crippen LogP contribution in [0.15, 0.2) is 82.6 Å². The highest BCUT2D eigenvalue weighted by atomic mass is 32.2. The highest BCUT2D eigenvalue weighted by Crippen LogP contribution is 2.31. The van der Waals surface area contributed by atoms with Gasteiger partial charge in [0, 0.05) is 26.1 Å². The van der Waals surface area contributed by atoms with Crippen LogP contribution in [0.1, 0.15) is 29.5 Å². The summed E-state index contributed by atoms with van der Waals surface area (Å²) in [6, 6.07) is 20.7. The van der Waals surface area contributed by atoms with Crippen LogP contribution in [-0.4, -0.2) is 42.4 Å². The van der Waals surface area contributed by atoms with Crippen molar-refractivity contribution in [1.82, 2.24) is 10.0 Å². The number of para-hydroxylation sites is 1. The second-order valence-electron chi connectivity index (χ2n) is 9.01. The van der Waals surface area contributed by atoms with Gasteiger partial charge >= 0.3 is 0 Å². The zero-order valence-corrected chi connectivity index (χ0v) is 22.3. The molecule has 0 aliphatic carbocycles. The average Bonchev–Trinajstić information content (AvgIpc) is 2.90. The first kappa shape index (κ1) is 26.8. The molecule has 8 nitrogen and oxygen atoms in total. The van der Waals surface area contributed by atoms with E-state index in [9.17, 15) is 21.6 Å². The lowest BCUT2D eigenvalue weighted by molar-refractivity contribution is -0.121. The van der Waals surface area contributed by atoms with Crippen molar-refractivity contribution in [3.05, 3.63) is 89.5 Å². The maximum absolute atomic E-state index is 13.3. The predicted octanol–water partition coefficient (Wildman–Crippen LogP) is 3.16. The number of nitrogens with zero attached hydrogens (tertiary/aromatic N) is 1. The van der Waals surface area contributed by atoms with E-state index in [4.69, 9.17) is 0 Å². The van der Waals surface area contributed by atoms with Gasteiger partial charge in [-0.3, -0.25) is 9.10 Å². The number of sulfonamides is 2. The topological polar surface area (TPSA) is 113 Å². The Morgan fingerprint density at radius 3 is 2.27 bits per heavy atom. The van der Waals surface area contributed by atoms with Crippen molar-refractivity contribution in [2.75, 3.05) is 23.9 Å². The number of hydrogen-bond donors (Lipinski definition) is 2. The van der Waals surface area contributed by atoms with E-state index in [0.717, 1.165) is 35.2 Å². The molecule has 10 heteroatoms. The van der Waals surface area contributed by atoms with Crippen molar-refractivity contribution in [3.63, 3.8) is 0 Å². The summed E-state index contributed by atoms with van der Waals surface area (Å²) in [5, 5.41) is 2.71. The molecule has 0 saturated carbocycles. The molecule has 0 saturated heterocycles. The van der Waals surface area contributed by atoms with Crippen LogP contribution >= 0.6 is 0 Å². The lowest BCUT2D eigenvalue weighted by Crippen LogP contribution is -2.35. The Hall–Kier alpha value is -3.21. The number of anilines is 1. The molecule has 1 aliphatic rings. The molecule has 0 bridgehead atoms. The number of rotatable bonds is 10. The van der Waals surface area contributed by atoms with Crippen LogP contribution in [0.4, 0.5) is 5.69 Å². The van der Waals surface area contributed by atoms with Gasteiger partial charge in [-0.05, 0) is 67.6 Å². The van der Waals surface area contributed by atoms with Crippen LogP contribution < -0.4 is 14.3 Å². The minimum Gasteiger partial charge on any atom is -0.355 e. The summed E-state index contributed by atoms with van der Waals surface area (Å²) in [6.45, 7) is 2.57. The van der Waals surface area contributed by atoms with E-state index >= 15 is 0 Å². The molecule has 37 heavy (non-hydrogen) atoms. The first-order chi connectivity index (χ1) is 17.7. The summed E-state index contributed by atoms with van der Waals surface area (Å²) in [4.78, 5) is 12.6. The van der Waals surface area contributed by atoms with Gasteiger partial charge in [0.2, 0.25) is 15.9 Å². The molecule has 0 aromatic heterocycles. The largest absolute Gasteiger partial charge is 0.355 e. The molecule has 196 valence electrons. The molecule has 1 amide bonds. The van der Waals surface area contributed by atoms with Crippen molar-refractivity contribution >= 4 is 31.6 Å². The molecule has 0 fully saturated rings. The monoisotopic (exact) mass is 541 g/mol. The van der Waals surface area contributed by atoms with E-state index in [-0.39, 0.29) is 35.2 Å². The summed E-state index contributed by atoms with van der Waals surface area (Å²) >= 11 is 0. The molecule has 0 atom stereocenters. The van der Waals surface area contributed by atoms with Gasteiger partial charge in [0.15, 0.2) is 0 Å². The number of carbonyl (C=O) groups excluding carboxylic acids is 1.